The molecule has 2 heterocycles. The van der Waals surface area contributed by atoms with Crippen molar-refractivity contribution in [2.75, 3.05) is 6.61 Å². The Labute approximate surface area is 197 Å². The molecule has 0 bridgehead atoms. The van der Waals surface area contributed by atoms with E-state index in [9.17, 15) is 9.59 Å². The Morgan fingerprint density at radius 2 is 1.91 bits per heavy atom. The van der Waals surface area contributed by atoms with Crippen molar-refractivity contribution in [3.8, 4) is 0 Å². The molecule has 0 saturated carbocycles. The van der Waals surface area contributed by atoms with Gasteiger partial charge < -0.3 is 4.74 Å². The number of carbonyl (C=O) groups excluding carboxylic acids is 1. The Bertz CT molecular complexity index is 1380. The van der Waals surface area contributed by atoms with Crippen molar-refractivity contribution >= 4 is 45.4 Å². The van der Waals surface area contributed by atoms with Crippen LogP contribution < -0.4 is 14.9 Å². The summed E-state index contributed by atoms with van der Waals surface area (Å²) in [6.45, 7) is 3.80. The minimum atomic E-state index is -0.580. The lowest BCUT2D eigenvalue weighted by Gasteiger charge is -2.24. The number of carbonyl (C=O) groups is 1. The van der Waals surface area contributed by atoms with E-state index in [1.54, 1.807) is 24.5 Å². The molecule has 1 atom stereocenters. The highest BCUT2D eigenvalue weighted by atomic mass is 79.9. The van der Waals surface area contributed by atoms with E-state index in [1.165, 1.54) is 11.3 Å². The molecule has 32 heavy (non-hydrogen) atoms. The van der Waals surface area contributed by atoms with E-state index >= 15 is 0 Å². The highest BCUT2D eigenvalue weighted by Crippen LogP contribution is 2.30. The summed E-state index contributed by atoms with van der Waals surface area (Å²) in [7, 11) is 0. The van der Waals surface area contributed by atoms with Crippen LogP contribution in [0.1, 0.15) is 31.0 Å². The van der Waals surface area contributed by atoms with Gasteiger partial charge in [0, 0.05) is 4.47 Å². The van der Waals surface area contributed by atoms with E-state index in [4.69, 9.17) is 4.74 Å². The number of thiazole rings is 1. The molecule has 0 unspecified atom stereocenters. The molecular formula is C25H21BrN2O3S. The van der Waals surface area contributed by atoms with Gasteiger partial charge in [0.1, 0.15) is 0 Å². The summed E-state index contributed by atoms with van der Waals surface area (Å²) < 4.78 is 8.45. The molecule has 0 spiro atoms. The van der Waals surface area contributed by atoms with Crippen molar-refractivity contribution < 1.29 is 9.53 Å². The SMILES string of the molecule is CCOC(=O)C1=C(C)N=c2sc(=C/C=C\c3ccc(Br)cc3)c(=O)n2[C@@H]1c1ccccc1. The third kappa shape index (κ3) is 4.45. The monoisotopic (exact) mass is 508 g/mol. The van der Waals surface area contributed by atoms with Crippen molar-refractivity contribution in [3.05, 3.63) is 107 Å². The fourth-order valence-electron chi connectivity index (χ4n) is 3.58. The molecule has 5 nitrogen and oxygen atoms in total. The maximum Gasteiger partial charge on any atom is 0.338 e. The number of allylic oxidation sites excluding steroid dienone is 2. The molecule has 3 aromatic rings. The van der Waals surface area contributed by atoms with Gasteiger partial charge in [0.25, 0.3) is 5.56 Å². The number of benzene rings is 2. The predicted molar refractivity (Wildman–Crippen MR) is 131 cm³/mol. The average Bonchev–Trinajstić information content (AvgIpc) is 3.09. The summed E-state index contributed by atoms with van der Waals surface area (Å²) in [6, 6.07) is 16.8. The molecule has 162 valence electrons. The van der Waals surface area contributed by atoms with Crippen LogP contribution >= 0.6 is 27.3 Å². The summed E-state index contributed by atoms with van der Waals surface area (Å²) in [4.78, 5) is 31.3. The third-order valence-electron chi connectivity index (χ3n) is 5.04. The molecular weight excluding hydrogens is 488 g/mol. The first kappa shape index (κ1) is 22.2. The van der Waals surface area contributed by atoms with Crippen LogP contribution in [0.2, 0.25) is 0 Å². The van der Waals surface area contributed by atoms with Crippen LogP contribution in [-0.4, -0.2) is 17.1 Å². The highest BCUT2D eigenvalue weighted by Gasteiger charge is 2.33. The predicted octanol–water partition coefficient (Wildman–Crippen LogP) is 4.23. The van der Waals surface area contributed by atoms with Crippen LogP contribution in [0, 0.1) is 0 Å². The van der Waals surface area contributed by atoms with Crippen LogP contribution in [-0.2, 0) is 9.53 Å². The van der Waals surface area contributed by atoms with E-state index in [0.29, 0.717) is 20.6 Å². The van der Waals surface area contributed by atoms with Gasteiger partial charge in [-0.05, 0) is 43.2 Å². The minimum absolute atomic E-state index is 0.183. The van der Waals surface area contributed by atoms with Gasteiger partial charge in [-0.15, -0.1) is 0 Å². The second-order valence-corrected chi connectivity index (χ2v) is 9.07. The molecule has 0 aliphatic carbocycles. The van der Waals surface area contributed by atoms with Crippen molar-refractivity contribution in [1.29, 1.82) is 0 Å². The normalized spacial score (nSPS) is 16.2. The fraction of sp³-hybridized carbons (Fsp3) is 0.160. The van der Waals surface area contributed by atoms with Crippen LogP contribution in [0.5, 0.6) is 0 Å². The maximum atomic E-state index is 13.4. The zero-order valence-electron chi connectivity index (χ0n) is 17.6. The maximum absolute atomic E-state index is 13.4. The fourth-order valence-corrected chi connectivity index (χ4v) is 4.84. The van der Waals surface area contributed by atoms with Crippen LogP contribution in [0.4, 0.5) is 0 Å². The second kappa shape index (κ2) is 9.63. The van der Waals surface area contributed by atoms with E-state index in [2.05, 4.69) is 20.9 Å². The minimum Gasteiger partial charge on any atom is -0.463 e. The Morgan fingerprint density at radius 1 is 1.19 bits per heavy atom. The summed E-state index contributed by atoms with van der Waals surface area (Å²) in [6.07, 6.45) is 5.58. The summed E-state index contributed by atoms with van der Waals surface area (Å²) in [5.41, 5.74) is 2.64. The van der Waals surface area contributed by atoms with E-state index in [0.717, 1.165) is 15.6 Å². The lowest BCUT2D eigenvalue weighted by molar-refractivity contribution is -0.139. The Kier molecular flexibility index (Phi) is 6.67. The first-order valence-corrected chi connectivity index (χ1v) is 11.8. The number of hydrogen-bond donors (Lipinski definition) is 0. The lowest BCUT2D eigenvalue weighted by Crippen LogP contribution is -2.39. The van der Waals surface area contributed by atoms with Gasteiger partial charge >= 0.3 is 5.97 Å². The molecule has 0 saturated heterocycles. The molecule has 1 aliphatic rings. The Morgan fingerprint density at radius 3 is 2.59 bits per heavy atom. The lowest BCUT2D eigenvalue weighted by atomic mass is 9.96. The number of hydrogen-bond acceptors (Lipinski definition) is 5. The average molecular weight is 509 g/mol. The molecule has 0 amide bonds. The zero-order chi connectivity index (χ0) is 22.7. The number of rotatable bonds is 5. The second-order valence-electron chi connectivity index (χ2n) is 7.15. The van der Waals surface area contributed by atoms with Crippen molar-refractivity contribution in [2.24, 2.45) is 4.99 Å². The van der Waals surface area contributed by atoms with Gasteiger partial charge in [0.15, 0.2) is 4.80 Å². The van der Waals surface area contributed by atoms with E-state index < -0.39 is 12.0 Å². The van der Waals surface area contributed by atoms with Crippen LogP contribution in [0.3, 0.4) is 0 Å². The summed E-state index contributed by atoms with van der Waals surface area (Å²) >= 11 is 4.74. The number of esters is 1. The largest absolute Gasteiger partial charge is 0.463 e. The van der Waals surface area contributed by atoms with Crippen molar-refractivity contribution in [1.82, 2.24) is 4.57 Å². The Hall–Kier alpha value is -3.03. The van der Waals surface area contributed by atoms with Gasteiger partial charge in [0.05, 0.1) is 28.5 Å². The summed E-state index contributed by atoms with van der Waals surface area (Å²) in [5, 5.41) is 0. The first-order valence-electron chi connectivity index (χ1n) is 10.2. The standard InChI is InChI=1S/C25H21BrN2O3S/c1-3-31-24(30)21-16(2)27-25-28(22(21)18-9-5-4-6-10-18)23(29)20(32-25)11-7-8-17-12-14-19(26)15-13-17/h4-15,22H,3H2,1-2H3/b8-7-,20-11?/t22-/m1/s1. The molecule has 0 fully saturated rings. The Balaban J connectivity index is 1.83. The topological polar surface area (TPSA) is 60.7 Å². The number of halogens is 1. The third-order valence-corrected chi connectivity index (χ3v) is 6.57. The zero-order valence-corrected chi connectivity index (χ0v) is 20.0. The summed E-state index contributed by atoms with van der Waals surface area (Å²) in [5.74, 6) is -0.452. The quantitative estimate of drug-likeness (QED) is 0.484. The highest BCUT2D eigenvalue weighted by molar-refractivity contribution is 9.10. The van der Waals surface area contributed by atoms with E-state index in [-0.39, 0.29) is 12.2 Å². The number of aromatic nitrogens is 1. The molecule has 0 radical (unpaired) electrons. The molecule has 0 N–H and O–H groups in total. The van der Waals surface area contributed by atoms with Crippen molar-refractivity contribution in [2.45, 2.75) is 19.9 Å². The van der Waals surface area contributed by atoms with Gasteiger partial charge in [-0.25, -0.2) is 9.79 Å². The molecule has 1 aromatic heterocycles. The van der Waals surface area contributed by atoms with Crippen molar-refractivity contribution in [3.63, 3.8) is 0 Å². The van der Waals surface area contributed by atoms with Gasteiger partial charge in [-0.1, -0.05) is 81.9 Å². The molecule has 1 aliphatic heterocycles. The van der Waals surface area contributed by atoms with E-state index in [1.807, 2.05) is 66.7 Å². The van der Waals surface area contributed by atoms with Crippen LogP contribution in [0.25, 0.3) is 12.2 Å². The molecule has 7 heteroatoms. The number of nitrogens with zero attached hydrogens (tertiary/aromatic N) is 2. The van der Waals surface area contributed by atoms with Gasteiger partial charge in [-0.2, -0.15) is 0 Å². The smallest absolute Gasteiger partial charge is 0.338 e. The van der Waals surface area contributed by atoms with Crippen LogP contribution in [0.15, 0.2) is 86.2 Å². The first-order chi connectivity index (χ1) is 15.5. The number of ether oxygens (including phenoxy) is 1. The van der Waals surface area contributed by atoms with Gasteiger partial charge in [-0.3, -0.25) is 9.36 Å². The molecule has 2 aromatic carbocycles. The van der Waals surface area contributed by atoms with Gasteiger partial charge in [0.2, 0.25) is 0 Å². The molecule has 4 rings (SSSR count). The number of fused-ring (bicyclic) bond motifs is 1.